The maximum Gasteiger partial charge on any atom is 0.294 e. The number of hydrogen-bond donors (Lipinski definition) is 1. The highest BCUT2D eigenvalue weighted by Crippen LogP contribution is 2.43. The molecule has 2 aromatic carbocycles. The van der Waals surface area contributed by atoms with Crippen molar-refractivity contribution in [2.75, 3.05) is 43.0 Å². The summed E-state index contributed by atoms with van der Waals surface area (Å²) in [6.45, 7) is 9.48. The Bertz CT molecular complexity index is 1350. The van der Waals surface area contributed by atoms with Crippen LogP contribution in [-0.2, 0) is 4.79 Å². The van der Waals surface area contributed by atoms with Crippen molar-refractivity contribution < 1.29 is 14.7 Å². The van der Waals surface area contributed by atoms with Gasteiger partial charge in [-0.3, -0.25) is 14.5 Å². The third-order valence-electron chi connectivity index (χ3n) is 6.92. The number of aliphatic hydroxyl groups is 1. The van der Waals surface area contributed by atoms with Crippen LogP contribution >= 0.6 is 11.3 Å². The van der Waals surface area contributed by atoms with Crippen LogP contribution in [-0.4, -0.2) is 59.9 Å². The number of aromatic nitrogens is 1. The minimum absolute atomic E-state index is 0.0977. The fourth-order valence-electron chi connectivity index (χ4n) is 5.01. The summed E-state index contributed by atoms with van der Waals surface area (Å²) in [4.78, 5) is 38.2. The molecule has 2 aliphatic heterocycles. The molecule has 3 aromatic rings. The third-order valence-corrected chi connectivity index (χ3v) is 7.99. The first-order valence-electron chi connectivity index (χ1n) is 12.1. The highest BCUT2D eigenvalue weighted by molar-refractivity contribution is 7.14. The molecule has 1 unspecified atom stereocenters. The second-order valence-electron chi connectivity index (χ2n) is 9.54. The molecule has 0 aliphatic carbocycles. The zero-order chi connectivity index (χ0) is 25.6. The van der Waals surface area contributed by atoms with E-state index in [1.165, 1.54) is 16.2 Å². The zero-order valence-corrected chi connectivity index (χ0v) is 21.8. The number of carbonyl (C=O) groups excluding carboxylic acids is 2. The summed E-state index contributed by atoms with van der Waals surface area (Å²) in [5, 5.41) is 11.8. The molecule has 1 atom stereocenters. The van der Waals surface area contributed by atoms with Gasteiger partial charge < -0.3 is 14.9 Å². The van der Waals surface area contributed by atoms with Gasteiger partial charge in [-0.25, -0.2) is 4.98 Å². The van der Waals surface area contributed by atoms with Crippen molar-refractivity contribution >= 4 is 34.4 Å². The Labute approximate surface area is 215 Å². The summed E-state index contributed by atoms with van der Waals surface area (Å²) < 4.78 is 0. The lowest BCUT2D eigenvalue weighted by molar-refractivity contribution is -0.117. The van der Waals surface area contributed by atoms with Gasteiger partial charge in [0.1, 0.15) is 0 Å². The Morgan fingerprint density at radius 3 is 2.28 bits per heavy atom. The minimum Gasteiger partial charge on any atom is -0.503 e. The molecule has 0 radical (unpaired) electrons. The summed E-state index contributed by atoms with van der Waals surface area (Å²) in [6.07, 6.45) is 0. The number of Topliss-reactive ketones (excluding diaryl/α,β-unsaturated/α-hetero) is 1. The highest BCUT2D eigenvalue weighted by Gasteiger charge is 2.45. The Morgan fingerprint density at radius 1 is 1.00 bits per heavy atom. The smallest absolute Gasteiger partial charge is 0.294 e. The maximum absolute atomic E-state index is 13.7. The van der Waals surface area contributed by atoms with Crippen LogP contribution in [0.3, 0.4) is 0 Å². The first-order valence-corrected chi connectivity index (χ1v) is 12.9. The quantitative estimate of drug-likeness (QED) is 0.514. The topological polar surface area (TPSA) is 77.0 Å². The van der Waals surface area contributed by atoms with Crippen LogP contribution in [0.25, 0.3) is 0 Å². The van der Waals surface area contributed by atoms with E-state index in [1.54, 1.807) is 6.92 Å². The van der Waals surface area contributed by atoms with E-state index >= 15 is 0 Å². The van der Waals surface area contributed by atoms with Crippen LogP contribution < -0.4 is 9.80 Å². The van der Waals surface area contributed by atoms with Crippen molar-refractivity contribution in [2.45, 2.75) is 26.8 Å². The van der Waals surface area contributed by atoms with Gasteiger partial charge in [0, 0.05) is 37.6 Å². The molecular weight excluding hydrogens is 472 g/mol. The summed E-state index contributed by atoms with van der Waals surface area (Å²) in [6, 6.07) is 14.8. The van der Waals surface area contributed by atoms with Gasteiger partial charge in [0.2, 0.25) is 5.78 Å². The number of nitrogens with zero attached hydrogens (tertiary/aromatic N) is 4. The van der Waals surface area contributed by atoms with E-state index in [9.17, 15) is 14.7 Å². The molecule has 1 N–H and O–H groups in total. The lowest BCUT2D eigenvalue weighted by Gasteiger charge is -2.34. The largest absolute Gasteiger partial charge is 0.503 e. The molecule has 36 heavy (non-hydrogen) atoms. The van der Waals surface area contributed by atoms with Gasteiger partial charge in [-0.05, 0) is 57.6 Å². The Hall–Kier alpha value is -3.49. The number of thiazole rings is 1. The highest BCUT2D eigenvalue weighted by atomic mass is 32.1. The lowest BCUT2D eigenvalue weighted by Crippen LogP contribution is -2.44. The molecule has 7 nitrogen and oxygen atoms in total. The van der Waals surface area contributed by atoms with E-state index in [0.717, 1.165) is 48.0 Å². The monoisotopic (exact) mass is 502 g/mol. The average molecular weight is 503 g/mol. The van der Waals surface area contributed by atoms with Gasteiger partial charge >= 0.3 is 0 Å². The van der Waals surface area contributed by atoms with E-state index in [0.29, 0.717) is 16.3 Å². The summed E-state index contributed by atoms with van der Waals surface area (Å²) in [7, 11) is 2.12. The van der Waals surface area contributed by atoms with Crippen molar-refractivity contribution in [3.63, 3.8) is 0 Å². The molecule has 186 valence electrons. The Kier molecular flexibility index (Phi) is 6.40. The molecule has 5 rings (SSSR count). The van der Waals surface area contributed by atoms with Gasteiger partial charge in [-0.1, -0.05) is 29.8 Å². The van der Waals surface area contributed by atoms with Gasteiger partial charge in [0.15, 0.2) is 5.76 Å². The number of aryl methyl sites for hydroxylation is 3. The molecule has 2 aliphatic rings. The summed E-state index contributed by atoms with van der Waals surface area (Å²) >= 11 is 1.28. The molecule has 1 saturated heterocycles. The molecule has 1 amide bonds. The van der Waals surface area contributed by atoms with E-state index in [2.05, 4.69) is 21.8 Å². The van der Waals surface area contributed by atoms with Gasteiger partial charge in [0.05, 0.1) is 27.2 Å². The van der Waals surface area contributed by atoms with E-state index in [1.807, 2.05) is 62.4 Å². The van der Waals surface area contributed by atoms with Crippen LogP contribution in [0, 0.1) is 20.8 Å². The summed E-state index contributed by atoms with van der Waals surface area (Å²) in [5.41, 5.74) is 4.21. The Morgan fingerprint density at radius 2 is 1.67 bits per heavy atom. The number of anilines is 2. The van der Waals surface area contributed by atoms with Crippen LogP contribution in [0.4, 0.5) is 11.4 Å². The number of ketones is 1. The molecule has 0 saturated carbocycles. The van der Waals surface area contributed by atoms with Crippen molar-refractivity contribution in [3.05, 3.63) is 86.6 Å². The first-order chi connectivity index (χ1) is 17.2. The molecule has 3 heterocycles. The number of amides is 1. The zero-order valence-electron chi connectivity index (χ0n) is 21.0. The first kappa shape index (κ1) is 24.2. The predicted octanol–water partition coefficient (Wildman–Crippen LogP) is 4.60. The van der Waals surface area contributed by atoms with Crippen LogP contribution in [0.1, 0.15) is 37.5 Å². The summed E-state index contributed by atoms with van der Waals surface area (Å²) in [5.74, 6) is -1.43. The van der Waals surface area contributed by atoms with Crippen LogP contribution in [0.15, 0.2) is 59.9 Å². The number of aliphatic hydroxyl groups excluding tert-OH is 1. The molecule has 1 aromatic heterocycles. The number of piperazine rings is 1. The number of hydrogen-bond acceptors (Lipinski definition) is 7. The van der Waals surface area contributed by atoms with E-state index < -0.39 is 17.7 Å². The molecular formula is C28H30N4O3S. The van der Waals surface area contributed by atoms with Crippen molar-refractivity contribution in [3.8, 4) is 0 Å². The van der Waals surface area contributed by atoms with Gasteiger partial charge in [0.25, 0.3) is 5.91 Å². The van der Waals surface area contributed by atoms with Gasteiger partial charge in [-0.15, -0.1) is 11.3 Å². The molecule has 0 spiro atoms. The van der Waals surface area contributed by atoms with Crippen LogP contribution in [0.5, 0.6) is 0 Å². The van der Waals surface area contributed by atoms with Crippen molar-refractivity contribution in [1.82, 2.24) is 9.88 Å². The second kappa shape index (κ2) is 9.52. The fraction of sp³-hybridized carbons (Fsp3) is 0.321. The fourth-order valence-corrected chi connectivity index (χ4v) is 5.89. The maximum atomic E-state index is 13.7. The number of rotatable bonds is 5. The Balaban J connectivity index is 1.55. The number of carbonyl (C=O) groups is 2. The lowest BCUT2D eigenvalue weighted by atomic mass is 9.94. The van der Waals surface area contributed by atoms with Crippen molar-refractivity contribution in [2.24, 2.45) is 0 Å². The normalized spacial score (nSPS) is 18.9. The minimum atomic E-state index is -0.735. The second-order valence-corrected chi connectivity index (χ2v) is 10.7. The van der Waals surface area contributed by atoms with Crippen molar-refractivity contribution in [1.29, 1.82) is 0 Å². The SMILES string of the molecule is Cc1cccc(C2C(C(=O)c3sc(C)nc3C)=C(O)C(=O)N2c2ccc(N3CCN(C)CC3)cc2)c1. The molecule has 8 heteroatoms. The average Bonchev–Trinajstić information content (AvgIpc) is 3.34. The number of likely N-dealkylation sites (N-methyl/N-ethyl adjacent to an activating group) is 1. The standard InChI is InChI=1S/C28H30N4O3S/c1-17-6-5-7-20(16-17)24-23(25(33)27-18(2)29-19(3)36-27)26(34)28(35)32(24)22-10-8-21(9-11-22)31-14-12-30(4)13-15-31/h5-11,16,24,34H,12-15H2,1-4H3. The van der Waals surface area contributed by atoms with Crippen LogP contribution in [0.2, 0.25) is 0 Å². The molecule has 0 bridgehead atoms. The number of benzene rings is 2. The molecule has 1 fully saturated rings. The predicted molar refractivity (Wildman–Crippen MR) is 143 cm³/mol. The third kappa shape index (κ3) is 4.31. The van der Waals surface area contributed by atoms with E-state index in [-0.39, 0.29) is 11.4 Å². The van der Waals surface area contributed by atoms with Gasteiger partial charge in [-0.2, -0.15) is 0 Å². The van der Waals surface area contributed by atoms with E-state index in [4.69, 9.17) is 0 Å².